The van der Waals surface area contributed by atoms with E-state index in [0.717, 1.165) is 6.07 Å². The minimum Gasteiger partial charge on any atom is -0.464 e. The molecular formula is C20H21FN2O5. The molecule has 3 rings (SSSR count). The summed E-state index contributed by atoms with van der Waals surface area (Å²) >= 11 is 0. The number of nitrogens with one attached hydrogen (secondary N) is 1. The van der Waals surface area contributed by atoms with Crippen molar-refractivity contribution in [3.63, 3.8) is 0 Å². The van der Waals surface area contributed by atoms with Crippen LogP contribution in [0.25, 0.3) is 5.57 Å². The number of hydrogen-bond acceptors (Lipinski definition) is 6. The molecule has 1 N–H and O–H groups in total. The van der Waals surface area contributed by atoms with Crippen molar-refractivity contribution in [2.45, 2.75) is 39.2 Å². The first-order valence-corrected chi connectivity index (χ1v) is 8.84. The molecule has 0 bridgehead atoms. The molecule has 0 fully saturated rings. The van der Waals surface area contributed by atoms with Gasteiger partial charge in [-0.25, -0.2) is 18.8 Å². The number of methoxy groups -OCH3 is 1. The van der Waals surface area contributed by atoms with Crippen LogP contribution < -0.4 is 10.2 Å². The van der Waals surface area contributed by atoms with Gasteiger partial charge in [-0.05, 0) is 45.8 Å². The lowest BCUT2D eigenvalue weighted by atomic mass is 9.88. The average Bonchev–Trinajstić information content (AvgIpc) is 2.63. The third-order valence-electron chi connectivity index (χ3n) is 4.42. The first-order valence-electron chi connectivity index (χ1n) is 8.84. The predicted octanol–water partition coefficient (Wildman–Crippen LogP) is 3.21. The molecule has 2 aliphatic heterocycles. The van der Waals surface area contributed by atoms with Crippen molar-refractivity contribution in [2.24, 2.45) is 0 Å². The Hall–Kier alpha value is -3.12. The molecule has 2 heterocycles. The number of nitrogens with zero attached hydrogens (tertiary/aromatic N) is 1. The SMILES string of the molecule is COC(=O)C1=CC(=C=O)c2cc(F)c(NC(=O)OC(C)(C)C)c3c2N1CCC3. The van der Waals surface area contributed by atoms with E-state index in [1.807, 2.05) is 0 Å². The zero-order valence-electron chi connectivity index (χ0n) is 16.1. The molecule has 1 aromatic rings. The number of rotatable bonds is 2. The fraction of sp³-hybridized carbons (Fsp3) is 0.400. The van der Waals surface area contributed by atoms with Crippen LogP contribution in [0.1, 0.15) is 38.3 Å². The molecule has 1 amide bonds. The van der Waals surface area contributed by atoms with Gasteiger partial charge in [0.25, 0.3) is 0 Å². The quantitative estimate of drug-likeness (QED) is 0.619. The smallest absolute Gasteiger partial charge is 0.412 e. The van der Waals surface area contributed by atoms with E-state index in [4.69, 9.17) is 9.47 Å². The molecule has 0 saturated heterocycles. The summed E-state index contributed by atoms with van der Waals surface area (Å²) in [6.07, 6.45) is 1.64. The van der Waals surface area contributed by atoms with E-state index in [9.17, 15) is 18.8 Å². The van der Waals surface area contributed by atoms with Crippen LogP contribution in [-0.2, 0) is 25.5 Å². The lowest BCUT2D eigenvalue weighted by Gasteiger charge is -2.37. The Balaban J connectivity index is 2.13. The Labute approximate surface area is 161 Å². The summed E-state index contributed by atoms with van der Waals surface area (Å²) in [6.45, 7) is 5.60. The number of esters is 1. The van der Waals surface area contributed by atoms with E-state index < -0.39 is 23.5 Å². The van der Waals surface area contributed by atoms with Crippen molar-refractivity contribution >= 4 is 35.0 Å². The number of ether oxygens (including phenoxy) is 2. The first kappa shape index (κ1) is 19.6. The molecule has 0 spiro atoms. The van der Waals surface area contributed by atoms with Crippen LogP contribution in [0.2, 0.25) is 0 Å². The van der Waals surface area contributed by atoms with Crippen LogP contribution in [-0.4, -0.2) is 37.3 Å². The Bertz CT molecular complexity index is 939. The molecule has 1 aromatic carbocycles. The second-order valence-corrected chi connectivity index (χ2v) is 7.53. The van der Waals surface area contributed by atoms with Gasteiger partial charge in [-0.15, -0.1) is 0 Å². The lowest BCUT2D eigenvalue weighted by molar-refractivity contribution is -0.136. The van der Waals surface area contributed by atoms with Gasteiger partial charge in [0.15, 0.2) is 0 Å². The molecule has 0 atom stereocenters. The Morgan fingerprint density at radius 1 is 1.32 bits per heavy atom. The van der Waals surface area contributed by atoms with Gasteiger partial charge in [-0.2, -0.15) is 0 Å². The topological polar surface area (TPSA) is 84.9 Å². The first-order chi connectivity index (χ1) is 13.2. The van der Waals surface area contributed by atoms with E-state index in [1.165, 1.54) is 13.2 Å². The summed E-state index contributed by atoms with van der Waals surface area (Å²) in [5.41, 5.74) is 0.779. The molecule has 0 radical (unpaired) electrons. The number of carbonyl (C=O) groups excluding carboxylic acids is 3. The van der Waals surface area contributed by atoms with E-state index >= 15 is 0 Å². The largest absolute Gasteiger partial charge is 0.464 e. The van der Waals surface area contributed by atoms with E-state index in [0.29, 0.717) is 36.2 Å². The summed E-state index contributed by atoms with van der Waals surface area (Å²) in [5, 5.41) is 2.48. The van der Waals surface area contributed by atoms with E-state index in [-0.39, 0.29) is 17.0 Å². The van der Waals surface area contributed by atoms with Crippen LogP contribution in [0.4, 0.5) is 20.6 Å². The van der Waals surface area contributed by atoms with Gasteiger partial charge in [-0.3, -0.25) is 5.32 Å². The molecule has 2 aliphatic rings. The number of hydrogen-bond donors (Lipinski definition) is 1. The second-order valence-electron chi connectivity index (χ2n) is 7.53. The summed E-state index contributed by atoms with van der Waals surface area (Å²) in [6, 6.07) is 1.16. The zero-order valence-corrected chi connectivity index (χ0v) is 16.1. The predicted molar refractivity (Wildman–Crippen MR) is 101 cm³/mol. The van der Waals surface area contributed by atoms with E-state index in [2.05, 4.69) is 5.32 Å². The van der Waals surface area contributed by atoms with Crippen molar-refractivity contribution in [1.29, 1.82) is 0 Å². The lowest BCUT2D eigenvalue weighted by Crippen LogP contribution is -2.36. The minimum atomic E-state index is -0.787. The number of benzene rings is 1. The molecule has 28 heavy (non-hydrogen) atoms. The van der Waals surface area contributed by atoms with Gasteiger partial charge in [-0.1, -0.05) is 0 Å². The van der Waals surface area contributed by atoms with Gasteiger partial charge >= 0.3 is 12.1 Å². The molecule has 8 heteroatoms. The Kier molecular flexibility index (Phi) is 5.00. The molecule has 0 saturated carbocycles. The average molecular weight is 388 g/mol. The molecule has 0 aromatic heterocycles. The van der Waals surface area contributed by atoms with Gasteiger partial charge in [0, 0.05) is 17.7 Å². The summed E-state index contributed by atoms with van der Waals surface area (Å²) in [7, 11) is 1.24. The van der Waals surface area contributed by atoms with E-state index in [1.54, 1.807) is 31.6 Å². The van der Waals surface area contributed by atoms with Crippen molar-refractivity contribution < 1.29 is 28.2 Å². The highest BCUT2D eigenvalue weighted by Crippen LogP contribution is 2.45. The van der Waals surface area contributed by atoms with Crippen LogP contribution in [0.15, 0.2) is 17.8 Å². The fourth-order valence-corrected chi connectivity index (χ4v) is 3.41. The standard InChI is InChI=1S/C20H21FN2O5/c1-20(2,3)28-19(26)22-16-12-6-5-7-23-15(18(25)27-4)8-11(10-24)13(17(12)23)9-14(16)21/h8-9H,5-7H2,1-4H3,(H,22,26). The van der Waals surface area contributed by atoms with Crippen molar-refractivity contribution in [1.82, 2.24) is 0 Å². The van der Waals surface area contributed by atoms with Gasteiger partial charge in [0.1, 0.15) is 23.1 Å². The second kappa shape index (κ2) is 7.13. The number of carbonyl (C=O) groups is 2. The van der Waals surface area contributed by atoms with Crippen LogP contribution in [0.3, 0.4) is 0 Å². The zero-order chi connectivity index (χ0) is 20.6. The third-order valence-corrected chi connectivity index (χ3v) is 4.42. The number of halogens is 1. The van der Waals surface area contributed by atoms with Gasteiger partial charge < -0.3 is 14.4 Å². The van der Waals surface area contributed by atoms with Gasteiger partial charge in [0.2, 0.25) is 0 Å². The molecule has 0 aliphatic carbocycles. The molecule has 0 unspecified atom stereocenters. The third kappa shape index (κ3) is 3.51. The van der Waals surface area contributed by atoms with Crippen molar-refractivity contribution in [3.8, 4) is 0 Å². The van der Waals surface area contributed by atoms with Crippen molar-refractivity contribution in [3.05, 3.63) is 34.8 Å². The van der Waals surface area contributed by atoms with Crippen LogP contribution in [0.5, 0.6) is 0 Å². The monoisotopic (exact) mass is 388 g/mol. The number of anilines is 2. The Morgan fingerprint density at radius 2 is 2.04 bits per heavy atom. The summed E-state index contributed by atoms with van der Waals surface area (Å²) < 4.78 is 24.9. The molecular weight excluding hydrogens is 367 g/mol. The maximum absolute atomic E-state index is 14.9. The highest BCUT2D eigenvalue weighted by atomic mass is 19.1. The summed E-state index contributed by atoms with van der Waals surface area (Å²) in [4.78, 5) is 37.5. The normalized spacial score (nSPS) is 15.2. The fourth-order valence-electron chi connectivity index (χ4n) is 3.41. The number of amides is 1. The minimum absolute atomic E-state index is 0.0194. The molecule has 7 nitrogen and oxygen atoms in total. The van der Waals surface area contributed by atoms with Crippen molar-refractivity contribution in [2.75, 3.05) is 23.9 Å². The number of allylic oxidation sites excluding steroid dienone is 2. The highest BCUT2D eigenvalue weighted by molar-refractivity contribution is 6.08. The van der Waals surface area contributed by atoms with Crippen LogP contribution in [0, 0.1) is 5.82 Å². The summed E-state index contributed by atoms with van der Waals surface area (Å²) in [5.74, 6) is 0.456. The highest BCUT2D eigenvalue weighted by Gasteiger charge is 2.35. The van der Waals surface area contributed by atoms with Crippen LogP contribution >= 0.6 is 0 Å². The molecule has 148 valence electrons. The van der Waals surface area contributed by atoms with Gasteiger partial charge in [0.05, 0.1) is 24.1 Å². The Morgan fingerprint density at radius 3 is 2.64 bits per heavy atom. The maximum Gasteiger partial charge on any atom is 0.412 e. The maximum atomic E-state index is 14.9.